The van der Waals surface area contributed by atoms with Crippen LogP contribution in [0.15, 0.2) is 64.6 Å². The first-order chi connectivity index (χ1) is 13.9. The molecule has 1 heterocycles. The topological polar surface area (TPSA) is 109 Å². The van der Waals surface area contributed by atoms with Gasteiger partial charge in [0.1, 0.15) is 23.2 Å². The Balaban J connectivity index is 1.86. The second-order valence-corrected chi connectivity index (χ2v) is 6.45. The number of hydrogen-bond donors (Lipinski definition) is 1. The number of amides is 1. The van der Waals surface area contributed by atoms with Crippen molar-refractivity contribution >= 4 is 23.4 Å². The number of nitriles is 1. The van der Waals surface area contributed by atoms with Gasteiger partial charge in [0.2, 0.25) is 0 Å². The molecule has 0 unspecified atom stereocenters. The second kappa shape index (κ2) is 8.23. The van der Waals surface area contributed by atoms with Crippen molar-refractivity contribution in [2.24, 2.45) is 0 Å². The van der Waals surface area contributed by atoms with E-state index in [4.69, 9.17) is 4.42 Å². The summed E-state index contributed by atoms with van der Waals surface area (Å²) in [4.78, 5) is 22.9. The number of carbonyl (C=O) groups excluding carboxylic acids is 1. The van der Waals surface area contributed by atoms with E-state index in [1.807, 2.05) is 26.0 Å². The molecule has 29 heavy (non-hydrogen) atoms. The number of benzene rings is 2. The van der Waals surface area contributed by atoms with Crippen molar-refractivity contribution in [1.82, 2.24) is 0 Å². The van der Waals surface area contributed by atoms with Crippen LogP contribution in [0.5, 0.6) is 0 Å². The third kappa shape index (κ3) is 4.57. The van der Waals surface area contributed by atoms with E-state index in [9.17, 15) is 20.2 Å². The first-order valence-electron chi connectivity index (χ1n) is 8.72. The predicted octanol–water partition coefficient (Wildman–Crippen LogP) is 5.02. The lowest BCUT2D eigenvalue weighted by Crippen LogP contribution is -2.13. The highest BCUT2D eigenvalue weighted by Crippen LogP contribution is 2.29. The lowest BCUT2D eigenvalue weighted by atomic mass is 10.1. The molecule has 0 bridgehead atoms. The Labute approximate surface area is 167 Å². The van der Waals surface area contributed by atoms with Crippen LogP contribution in [0.1, 0.15) is 16.9 Å². The Hall–Kier alpha value is -4.18. The molecule has 0 aliphatic carbocycles. The van der Waals surface area contributed by atoms with Gasteiger partial charge in [-0.15, -0.1) is 0 Å². The Morgan fingerprint density at radius 3 is 2.66 bits per heavy atom. The maximum atomic E-state index is 12.4. The number of furan rings is 1. The quantitative estimate of drug-likeness (QED) is 0.286. The normalized spacial score (nSPS) is 11.0. The van der Waals surface area contributed by atoms with Crippen molar-refractivity contribution < 1.29 is 14.1 Å². The van der Waals surface area contributed by atoms with E-state index in [2.05, 4.69) is 5.32 Å². The number of anilines is 1. The molecule has 7 nitrogen and oxygen atoms in total. The summed E-state index contributed by atoms with van der Waals surface area (Å²) >= 11 is 0. The number of aryl methyl sites for hydroxylation is 2. The number of non-ortho nitro benzene ring substituents is 1. The molecule has 2 aromatic carbocycles. The number of carbonyl (C=O) groups is 1. The number of nitro groups is 1. The zero-order valence-corrected chi connectivity index (χ0v) is 15.8. The maximum absolute atomic E-state index is 12.4. The van der Waals surface area contributed by atoms with Crippen LogP contribution in [-0.2, 0) is 4.79 Å². The monoisotopic (exact) mass is 387 g/mol. The van der Waals surface area contributed by atoms with E-state index in [0.29, 0.717) is 22.8 Å². The van der Waals surface area contributed by atoms with Crippen molar-refractivity contribution in [2.75, 3.05) is 5.32 Å². The minimum Gasteiger partial charge on any atom is -0.457 e. The highest BCUT2D eigenvalue weighted by Gasteiger charge is 2.15. The summed E-state index contributed by atoms with van der Waals surface area (Å²) in [5.74, 6) is 0.151. The molecule has 3 rings (SSSR count). The van der Waals surface area contributed by atoms with Crippen LogP contribution in [0.2, 0.25) is 0 Å². The van der Waals surface area contributed by atoms with Gasteiger partial charge in [-0.2, -0.15) is 5.26 Å². The molecule has 1 N–H and O–H groups in total. The van der Waals surface area contributed by atoms with Gasteiger partial charge in [-0.3, -0.25) is 14.9 Å². The molecular formula is C22H17N3O4. The fraction of sp³-hybridized carbons (Fsp3) is 0.0909. The average molecular weight is 387 g/mol. The summed E-state index contributed by atoms with van der Waals surface area (Å²) < 4.78 is 5.71. The number of nitrogens with one attached hydrogen (secondary N) is 1. The average Bonchev–Trinajstić information content (AvgIpc) is 3.14. The van der Waals surface area contributed by atoms with Crippen molar-refractivity contribution in [3.05, 3.63) is 87.2 Å². The molecule has 144 valence electrons. The van der Waals surface area contributed by atoms with Gasteiger partial charge in [0.25, 0.3) is 11.6 Å². The van der Waals surface area contributed by atoms with E-state index in [-0.39, 0.29) is 11.3 Å². The van der Waals surface area contributed by atoms with Gasteiger partial charge in [0, 0.05) is 29.5 Å². The maximum Gasteiger partial charge on any atom is 0.270 e. The molecule has 0 radical (unpaired) electrons. The van der Waals surface area contributed by atoms with Gasteiger partial charge < -0.3 is 9.73 Å². The van der Waals surface area contributed by atoms with Gasteiger partial charge in [-0.25, -0.2) is 0 Å². The van der Waals surface area contributed by atoms with E-state index in [1.54, 1.807) is 36.4 Å². The number of nitrogens with zero attached hydrogens (tertiary/aromatic N) is 2. The Morgan fingerprint density at radius 2 is 1.97 bits per heavy atom. The molecule has 0 saturated heterocycles. The minimum absolute atomic E-state index is 0.0469. The van der Waals surface area contributed by atoms with Gasteiger partial charge in [-0.05, 0) is 49.2 Å². The number of rotatable bonds is 5. The van der Waals surface area contributed by atoms with Crippen molar-refractivity contribution in [3.63, 3.8) is 0 Å². The van der Waals surface area contributed by atoms with Crippen molar-refractivity contribution in [1.29, 1.82) is 5.26 Å². The third-order valence-corrected chi connectivity index (χ3v) is 4.25. The fourth-order valence-electron chi connectivity index (χ4n) is 2.78. The van der Waals surface area contributed by atoms with Crippen LogP contribution >= 0.6 is 0 Å². The molecule has 1 aromatic heterocycles. The molecule has 3 aromatic rings. The SMILES string of the molecule is Cc1cccc(NC(=O)C(C#N)=Cc2ccc(-c3cc([N+](=O)[O-])ccc3C)o2)c1. The van der Waals surface area contributed by atoms with E-state index in [0.717, 1.165) is 11.1 Å². The molecule has 0 fully saturated rings. The summed E-state index contributed by atoms with van der Waals surface area (Å²) in [5.41, 5.74) is 2.77. The van der Waals surface area contributed by atoms with Crippen molar-refractivity contribution in [3.8, 4) is 17.4 Å². The molecule has 1 amide bonds. The van der Waals surface area contributed by atoms with E-state index in [1.165, 1.54) is 18.2 Å². The van der Waals surface area contributed by atoms with Gasteiger partial charge >= 0.3 is 0 Å². The number of nitro benzene ring substituents is 1. The lowest BCUT2D eigenvalue weighted by Gasteiger charge is -2.05. The van der Waals surface area contributed by atoms with Crippen LogP contribution in [0.25, 0.3) is 17.4 Å². The van der Waals surface area contributed by atoms with Crippen LogP contribution in [-0.4, -0.2) is 10.8 Å². The van der Waals surface area contributed by atoms with Crippen LogP contribution in [0.4, 0.5) is 11.4 Å². The number of hydrogen-bond acceptors (Lipinski definition) is 5. The molecule has 0 aliphatic rings. The second-order valence-electron chi connectivity index (χ2n) is 6.45. The summed E-state index contributed by atoms with van der Waals surface area (Å²) in [6, 6.07) is 16.8. The lowest BCUT2D eigenvalue weighted by molar-refractivity contribution is -0.384. The van der Waals surface area contributed by atoms with Crippen LogP contribution in [0.3, 0.4) is 0 Å². The molecule has 0 aliphatic heterocycles. The predicted molar refractivity (Wildman–Crippen MR) is 109 cm³/mol. The highest BCUT2D eigenvalue weighted by molar-refractivity contribution is 6.09. The summed E-state index contributed by atoms with van der Waals surface area (Å²) in [7, 11) is 0. The minimum atomic E-state index is -0.553. The molecule has 7 heteroatoms. The van der Waals surface area contributed by atoms with Crippen molar-refractivity contribution in [2.45, 2.75) is 13.8 Å². The summed E-state index contributed by atoms with van der Waals surface area (Å²) in [5, 5.41) is 23.1. The fourth-order valence-corrected chi connectivity index (χ4v) is 2.78. The molecule has 0 atom stereocenters. The Kier molecular flexibility index (Phi) is 5.56. The summed E-state index contributed by atoms with van der Waals surface area (Å²) in [6.07, 6.45) is 1.33. The standard InChI is InChI=1S/C22H17N3O4/c1-14-4-3-5-17(10-14)24-22(26)16(13-23)11-19-8-9-21(29-19)20-12-18(25(27)28)7-6-15(20)2/h3-12H,1-2H3,(H,24,26). The molecular weight excluding hydrogens is 370 g/mol. The Morgan fingerprint density at radius 1 is 1.17 bits per heavy atom. The first-order valence-corrected chi connectivity index (χ1v) is 8.72. The summed E-state index contributed by atoms with van der Waals surface area (Å²) in [6.45, 7) is 3.71. The van der Waals surface area contributed by atoms with Gasteiger partial charge in [-0.1, -0.05) is 18.2 Å². The van der Waals surface area contributed by atoms with E-state index >= 15 is 0 Å². The molecule has 0 saturated carbocycles. The largest absolute Gasteiger partial charge is 0.457 e. The zero-order valence-electron chi connectivity index (χ0n) is 15.8. The van der Waals surface area contributed by atoms with Gasteiger partial charge in [0.05, 0.1) is 4.92 Å². The highest BCUT2D eigenvalue weighted by atomic mass is 16.6. The van der Waals surface area contributed by atoms with Crippen LogP contribution < -0.4 is 5.32 Å². The van der Waals surface area contributed by atoms with Gasteiger partial charge in [0.15, 0.2) is 0 Å². The smallest absolute Gasteiger partial charge is 0.270 e. The Bertz CT molecular complexity index is 1170. The third-order valence-electron chi connectivity index (χ3n) is 4.25. The molecule has 0 spiro atoms. The van der Waals surface area contributed by atoms with E-state index < -0.39 is 10.8 Å². The zero-order chi connectivity index (χ0) is 21.0. The first kappa shape index (κ1) is 19.6. The van der Waals surface area contributed by atoms with Crippen LogP contribution in [0, 0.1) is 35.3 Å².